The summed E-state index contributed by atoms with van der Waals surface area (Å²) < 4.78 is 2.90. The Morgan fingerprint density at radius 1 is 1.25 bits per heavy atom. The largest absolute Gasteiger partial charge is 0.331 e. The zero-order valence-corrected chi connectivity index (χ0v) is 15.3. The highest BCUT2D eigenvalue weighted by atomic mass is 79.9. The van der Waals surface area contributed by atoms with Crippen LogP contribution in [0.2, 0.25) is 5.02 Å². The first-order valence-electron chi connectivity index (χ1n) is 7.36. The van der Waals surface area contributed by atoms with E-state index in [2.05, 4.69) is 30.8 Å². The number of hydrogen-bond donors (Lipinski definition) is 1. The zero-order chi connectivity index (χ0) is 17.1. The lowest BCUT2D eigenvalue weighted by Crippen LogP contribution is -2.12. The zero-order valence-electron chi connectivity index (χ0n) is 13.0. The Kier molecular flexibility index (Phi) is 5.02. The minimum absolute atomic E-state index is 0.231. The molecule has 3 aromatic rings. The Morgan fingerprint density at radius 3 is 2.62 bits per heavy atom. The van der Waals surface area contributed by atoms with Crippen LogP contribution in [0.5, 0.6) is 0 Å². The maximum absolute atomic E-state index is 12.3. The number of carbonyl (C=O) groups is 1. The van der Waals surface area contributed by atoms with Gasteiger partial charge in [0.15, 0.2) is 0 Å². The lowest BCUT2D eigenvalue weighted by atomic mass is 10.1. The second kappa shape index (κ2) is 7.20. The molecule has 0 aliphatic rings. The fourth-order valence-corrected chi connectivity index (χ4v) is 3.09. The molecule has 24 heavy (non-hydrogen) atoms. The average Bonchev–Trinajstić information content (AvgIpc) is 2.94. The van der Waals surface area contributed by atoms with E-state index in [1.54, 1.807) is 24.4 Å². The van der Waals surface area contributed by atoms with Gasteiger partial charge in [-0.1, -0.05) is 39.7 Å². The van der Waals surface area contributed by atoms with Crippen LogP contribution in [0.1, 0.15) is 21.7 Å². The van der Waals surface area contributed by atoms with Gasteiger partial charge in [0.25, 0.3) is 5.91 Å². The lowest BCUT2D eigenvalue weighted by molar-refractivity contribution is 0.102. The molecule has 2 aromatic carbocycles. The number of rotatable bonds is 4. The van der Waals surface area contributed by atoms with Crippen molar-refractivity contribution in [3.05, 3.63) is 81.3 Å². The number of halogens is 2. The summed E-state index contributed by atoms with van der Waals surface area (Å²) in [5, 5.41) is 3.27. The second-order valence-corrected chi connectivity index (χ2v) is 6.70. The van der Waals surface area contributed by atoms with Crippen molar-refractivity contribution in [2.24, 2.45) is 0 Å². The molecule has 1 amide bonds. The number of anilines is 1. The number of hydrogen-bond acceptors (Lipinski definition) is 2. The maximum atomic E-state index is 12.3. The lowest BCUT2D eigenvalue weighted by Gasteiger charge is -2.09. The van der Waals surface area contributed by atoms with Gasteiger partial charge >= 0.3 is 0 Å². The van der Waals surface area contributed by atoms with Gasteiger partial charge < -0.3 is 9.88 Å². The number of aromatic nitrogens is 2. The fraction of sp³-hybridized carbons (Fsp3) is 0.111. The minimum Gasteiger partial charge on any atom is -0.331 e. The molecule has 0 fully saturated rings. The number of benzene rings is 2. The van der Waals surface area contributed by atoms with Crippen LogP contribution in [-0.4, -0.2) is 15.5 Å². The minimum atomic E-state index is -0.231. The Labute approximate surface area is 153 Å². The standard InChI is InChI=1S/C18H15BrClN3O/c1-12-21-8-9-23(12)11-13-2-5-15(6-3-13)22-18(24)16-7-4-14(19)10-17(16)20/h2-10H,11H2,1H3,(H,22,24). The fourth-order valence-electron chi connectivity index (χ4n) is 2.33. The first-order valence-corrected chi connectivity index (χ1v) is 8.53. The van der Waals surface area contributed by atoms with Crippen LogP contribution in [0.4, 0.5) is 5.69 Å². The number of nitrogens with one attached hydrogen (secondary N) is 1. The SMILES string of the molecule is Cc1nccn1Cc1ccc(NC(=O)c2ccc(Br)cc2Cl)cc1. The van der Waals surface area contributed by atoms with E-state index in [1.807, 2.05) is 37.4 Å². The van der Waals surface area contributed by atoms with E-state index in [4.69, 9.17) is 11.6 Å². The molecule has 0 saturated heterocycles. The molecular weight excluding hydrogens is 390 g/mol. The molecule has 0 radical (unpaired) electrons. The van der Waals surface area contributed by atoms with E-state index in [0.717, 1.165) is 28.1 Å². The van der Waals surface area contributed by atoms with E-state index in [9.17, 15) is 4.79 Å². The van der Waals surface area contributed by atoms with Crippen LogP contribution in [0.25, 0.3) is 0 Å². The quantitative estimate of drug-likeness (QED) is 0.672. The van der Waals surface area contributed by atoms with Crippen LogP contribution in [0.3, 0.4) is 0 Å². The van der Waals surface area contributed by atoms with Gasteiger partial charge in [0.2, 0.25) is 0 Å². The molecule has 0 spiro atoms. The topological polar surface area (TPSA) is 46.9 Å². The highest BCUT2D eigenvalue weighted by Crippen LogP contribution is 2.22. The Bertz CT molecular complexity index is 874. The molecule has 3 rings (SSSR count). The number of amides is 1. The van der Waals surface area contributed by atoms with Crippen LogP contribution in [0, 0.1) is 6.92 Å². The van der Waals surface area contributed by atoms with Crippen LogP contribution in [-0.2, 0) is 6.54 Å². The monoisotopic (exact) mass is 403 g/mol. The number of nitrogens with zero attached hydrogens (tertiary/aromatic N) is 2. The van der Waals surface area contributed by atoms with Crippen LogP contribution in [0.15, 0.2) is 59.3 Å². The highest BCUT2D eigenvalue weighted by molar-refractivity contribution is 9.10. The van der Waals surface area contributed by atoms with Gasteiger partial charge in [-0.2, -0.15) is 0 Å². The summed E-state index contributed by atoms with van der Waals surface area (Å²) in [7, 11) is 0. The van der Waals surface area contributed by atoms with Crippen molar-refractivity contribution in [1.29, 1.82) is 0 Å². The first-order chi connectivity index (χ1) is 11.5. The van der Waals surface area contributed by atoms with Crippen molar-refractivity contribution < 1.29 is 4.79 Å². The highest BCUT2D eigenvalue weighted by Gasteiger charge is 2.11. The molecule has 1 N–H and O–H groups in total. The van der Waals surface area contributed by atoms with E-state index >= 15 is 0 Å². The molecule has 0 saturated carbocycles. The van der Waals surface area contributed by atoms with Gasteiger partial charge in [-0.05, 0) is 42.8 Å². The Morgan fingerprint density at radius 2 is 2.00 bits per heavy atom. The van der Waals surface area contributed by atoms with Crippen molar-refractivity contribution in [2.75, 3.05) is 5.32 Å². The summed E-state index contributed by atoms with van der Waals surface area (Å²) in [6.07, 6.45) is 3.73. The first kappa shape index (κ1) is 16.7. The van der Waals surface area contributed by atoms with Gasteiger partial charge in [0.05, 0.1) is 10.6 Å². The molecular formula is C18H15BrClN3O. The summed E-state index contributed by atoms with van der Waals surface area (Å²) >= 11 is 9.44. The molecule has 0 bridgehead atoms. The summed E-state index contributed by atoms with van der Waals surface area (Å²) in [6, 6.07) is 12.9. The third kappa shape index (κ3) is 3.86. The molecule has 6 heteroatoms. The molecule has 0 aliphatic carbocycles. The maximum Gasteiger partial charge on any atom is 0.257 e. The number of carbonyl (C=O) groups excluding carboxylic acids is 1. The number of imidazole rings is 1. The predicted molar refractivity (Wildman–Crippen MR) is 99.6 cm³/mol. The van der Waals surface area contributed by atoms with E-state index in [0.29, 0.717) is 10.6 Å². The normalized spacial score (nSPS) is 10.6. The van der Waals surface area contributed by atoms with Crippen molar-refractivity contribution >= 4 is 39.1 Å². The van der Waals surface area contributed by atoms with Crippen molar-refractivity contribution in [1.82, 2.24) is 9.55 Å². The molecule has 1 aromatic heterocycles. The predicted octanol–water partition coefficient (Wildman–Crippen LogP) is 4.91. The summed E-state index contributed by atoms with van der Waals surface area (Å²) in [5.41, 5.74) is 2.30. The van der Waals surface area contributed by atoms with Gasteiger partial charge in [0, 0.05) is 29.1 Å². The third-order valence-electron chi connectivity index (χ3n) is 3.66. The average molecular weight is 405 g/mol. The Balaban J connectivity index is 1.69. The third-order valence-corrected chi connectivity index (χ3v) is 4.47. The summed E-state index contributed by atoms with van der Waals surface area (Å²) in [5.74, 6) is 0.739. The van der Waals surface area contributed by atoms with Gasteiger partial charge in [-0.15, -0.1) is 0 Å². The smallest absolute Gasteiger partial charge is 0.257 e. The van der Waals surface area contributed by atoms with Crippen LogP contribution >= 0.6 is 27.5 Å². The molecule has 0 atom stereocenters. The number of aryl methyl sites for hydroxylation is 1. The van der Waals surface area contributed by atoms with Gasteiger partial charge in [-0.3, -0.25) is 4.79 Å². The van der Waals surface area contributed by atoms with Gasteiger partial charge in [0.1, 0.15) is 5.82 Å². The van der Waals surface area contributed by atoms with Crippen molar-refractivity contribution in [3.63, 3.8) is 0 Å². The van der Waals surface area contributed by atoms with Crippen molar-refractivity contribution in [3.8, 4) is 0 Å². The van der Waals surface area contributed by atoms with E-state index in [1.165, 1.54) is 0 Å². The van der Waals surface area contributed by atoms with Gasteiger partial charge in [-0.25, -0.2) is 4.98 Å². The molecule has 0 aliphatic heterocycles. The summed E-state index contributed by atoms with van der Waals surface area (Å²) in [4.78, 5) is 16.5. The van der Waals surface area contributed by atoms with E-state index in [-0.39, 0.29) is 5.91 Å². The second-order valence-electron chi connectivity index (χ2n) is 5.38. The van der Waals surface area contributed by atoms with E-state index < -0.39 is 0 Å². The Hall–Kier alpha value is -2.11. The van der Waals surface area contributed by atoms with Crippen molar-refractivity contribution in [2.45, 2.75) is 13.5 Å². The van der Waals surface area contributed by atoms with Crippen LogP contribution < -0.4 is 5.32 Å². The molecule has 4 nitrogen and oxygen atoms in total. The molecule has 0 unspecified atom stereocenters. The molecule has 122 valence electrons. The summed E-state index contributed by atoms with van der Waals surface area (Å²) in [6.45, 7) is 2.72. The molecule has 1 heterocycles.